The summed E-state index contributed by atoms with van der Waals surface area (Å²) in [5, 5.41) is 11.3. The zero-order valence-corrected chi connectivity index (χ0v) is 40.8. The summed E-state index contributed by atoms with van der Waals surface area (Å²) in [5.74, 6) is -1.78. The number of halogens is 2. The molecule has 0 aliphatic carbocycles. The second kappa shape index (κ2) is 33.4. The Morgan fingerprint density at radius 1 is 0.478 bits per heavy atom. The van der Waals surface area contributed by atoms with Gasteiger partial charge in [0.25, 0.3) is 0 Å². The van der Waals surface area contributed by atoms with Crippen LogP contribution in [0.2, 0.25) is 0 Å². The summed E-state index contributed by atoms with van der Waals surface area (Å²) >= 11 is 9.53. The van der Waals surface area contributed by atoms with Crippen LogP contribution in [-0.2, 0) is 38.1 Å². The fourth-order valence-corrected chi connectivity index (χ4v) is 6.50. The first-order valence-corrected chi connectivity index (χ1v) is 23.2. The van der Waals surface area contributed by atoms with E-state index in [0.717, 1.165) is 22.3 Å². The zero-order chi connectivity index (χ0) is 49.4. The van der Waals surface area contributed by atoms with Crippen molar-refractivity contribution in [2.45, 2.75) is 97.4 Å². The molecular weight excluding hydrogens is 892 g/mol. The van der Waals surface area contributed by atoms with Gasteiger partial charge in [-0.15, -0.1) is 23.2 Å². The van der Waals surface area contributed by atoms with E-state index < -0.39 is 30.3 Å². The van der Waals surface area contributed by atoms with Gasteiger partial charge in [-0.3, -0.25) is 24.0 Å². The van der Waals surface area contributed by atoms with Crippen LogP contribution < -0.4 is 0 Å². The van der Waals surface area contributed by atoms with E-state index in [1.54, 1.807) is 24.3 Å². The molecule has 0 spiro atoms. The highest BCUT2D eigenvalue weighted by Crippen LogP contribution is 2.33. The van der Waals surface area contributed by atoms with Crippen LogP contribution in [0.5, 0.6) is 0 Å². The number of allylic oxidation sites excluding steroid dienone is 4. The van der Waals surface area contributed by atoms with Crippen molar-refractivity contribution in [3.05, 3.63) is 166 Å². The van der Waals surface area contributed by atoms with Crippen LogP contribution in [0.1, 0.15) is 147 Å². The number of ether oxygens (including phenoxy) is 4. The van der Waals surface area contributed by atoms with Crippen LogP contribution in [0, 0.1) is 0 Å². The van der Waals surface area contributed by atoms with Gasteiger partial charge in [0.05, 0.1) is 19.6 Å². The van der Waals surface area contributed by atoms with Gasteiger partial charge in [0, 0.05) is 36.8 Å². The minimum Gasteiger partial charge on any atom is -0.469 e. The third kappa shape index (κ3) is 21.9. The molecule has 0 aliphatic rings. The van der Waals surface area contributed by atoms with Gasteiger partial charge in [0.2, 0.25) is 5.78 Å². The van der Waals surface area contributed by atoms with E-state index in [1.807, 2.05) is 149 Å². The monoisotopic (exact) mass is 954 g/mol. The molecule has 4 aromatic rings. The molecule has 0 heterocycles. The van der Waals surface area contributed by atoms with E-state index in [2.05, 4.69) is 9.47 Å². The Morgan fingerprint density at radius 3 is 1.15 bits per heavy atom. The number of methoxy groups -OCH3 is 2. The molecule has 0 bridgehead atoms. The van der Waals surface area contributed by atoms with Crippen LogP contribution in [0.25, 0.3) is 24.3 Å². The average Bonchev–Trinajstić information content (AvgIpc) is 3.34. The van der Waals surface area contributed by atoms with Gasteiger partial charge in [-0.2, -0.15) is 0 Å². The summed E-state index contributed by atoms with van der Waals surface area (Å²) in [4.78, 5) is 60.7. The van der Waals surface area contributed by atoms with Crippen molar-refractivity contribution >= 4 is 77.2 Å². The van der Waals surface area contributed by atoms with E-state index in [9.17, 15) is 29.1 Å². The van der Waals surface area contributed by atoms with Gasteiger partial charge in [0.15, 0.2) is 12.2 Å². The van der Waals surface area contributed by atoms with E-state index in [1.165, 1.54) is 14.2 Å². The Balaban J connectivity index is 0.000000435. The fourth-order valence-electron chi connectivity index (χ4n) is 6.50. The normalized spacial score (nSPS) is 12.4. The number of carbonyl (C=O) groups excluding carboxylic acids is 5. The van der Waals surface area contributed by atoms with Crippen LogP contribution in [0.15, 0.2) is 121 Å². The first-order valence-electron chi connectivity index (χ1n) is 22.2. The molecule has 0 aliphatic heterocycles. The molecule has 0 saturated heterocycles. The first kappa shape index (κ1) is 57.1. The second-order valence-electron chi connectivity index (χ2n) is 14.9. The lowest BCUT2D eigenvalue weighted by atomic mass is 9.96. The Hall–Kier alpha value is -6.07. The average molecular weight is 956 g/mol. The number of ketones is 1. The van der Waals surface area contributed by atoms with Gasteiger partial charge in [0.1, 0.15) is 6.10 Å². The van der Waals surface area contributed by atoms with Crippen molar-refractivity contribution < 1.29 is 48.0 Å². The number of aliphatic hydroxyl groups excluding tert-OH is 1. The predicted octanol–water partition coefficient (Wildman–Crippen LogP) is 13.2. The van der Waals surface area contributed by atoms with E-state index in [4.69, 9.17) is 32.7 Å². The molecule has 67 heavy (non-hydrogen) atoms. The van der Waals surface area contributed by atoms with E-state index in [0.29, 0.717) is 47.9 Å². The molecule has 10 nitrogen and oxygen atoms in total. The van der Waals surface area contributed by atoms with Crippen molar-refractivity contribution in [3.8, 4) is 0 Å². The Bertz CT molecular complexity index is 2210. The number of carbonyl (C=O) groups is 5. The van der Waals surface area contributed by atoms with Crippen LogP contribution in [0.3, 0.4) is 0 Å². The number of alkyl halides is 2. The molecule has 0 saturated carbocycles. The molecule has 0 amide bonds. The zero-order valence-electron chi connectivity index (χ0n) is 39.3. The largest absolute Gasteiger partial charge is 0.469 e. The van der Waals surface area contributed by atoms with Crippen molar-refractivity contribution in [2.24, 2.45) is 0 Å². The number of hydrogen-bond acceptors (Lipinski definition) is 10. The van der Waals surface area contributed by atoms with Crippen molar-refractivity contribution in [3.63, 3.8) is 0 Å². The number of aliphatic hydroxyl groups is 1. The van der Waals surface area contributed by atoms with Crippen molar-refractivity contribution in [1.29, 1.82) is 0 Å². The number of rotatable bonds is 22. The maximum atomic E-state index is 13.2. The third-order valence-corrected chi connectivity index (χ3v) is 9.93. The Kier molecular flexibility index (Phi) is 28.4. The van der Waals surface area contributed by atoms with E-state index in [-0.39, 0.29) is 48.7 Å². The summed E-state index contributed by atoms with van der Waals surface area (Å²) in [6.07, 6.45) is 15.6. The first-order chi connectivity index (χ1) is 32.4. The quantitative estimate of drug-likeness (QED) is 0.0266. The molecule has 4 rings (SSSR count). The minimum absolute atomic E-state index is 0.123. The highest BCUT2D eigenvalue weighted by molar-refractivity contribution is 6.40. The fraction of sp³-hybridized carbons (Fsp3) is 0.327. The molecule has 0 fully saturated rings. The lowest BCUT2D eigenvalue weighted by Gasteiger charge is -2.24. The minimum atomic E-state index is -1.03. The molecule has 12 heteroatoms. The van der Waals surface area contributed by atoms with Crippen LogP contribution >= 0.6 is 23.2 Å². The van der Waals surface area contributed by atoms with Crippen molar-refractivity contribution in [2.75, 3.05) is 19.6 Å². The second-order valence-corrected chi connectivity index (χ2v) is 15.7. The topological polar surface area (TPSA) is 142 Å². The van der Waals surface area contributed by atoms with Crippen molar-refractivity contribution in [1.82, 2.24) is 0 Å². The Labute approximate surface area is 406 Å². The summed E-state index contributed by atoms with van der Waals surface area (Å²) in [7, 11) is 2.68. The SMILES string of the molecule is C/C=C/c1ccc(C(=O)C(OC(=O)CCCCC(=O)OC)c2ccc(/C=C/C)cc2)cc1.C/C=C/c1ccc(C(O)C(OC(=O)CCCCC(=O)OC)c2ccc(/C=C/C)cc2)cc1.ClCCl. The molecule has 1 N–H and O–H groups in total. The number of benzene rings is 4. The summed E-state index contributed by atoms with van der Waals surface area (Å²) in [6, 6.07) is 29.6. The summed E-state index contributed by atoms with van der Waals surface area (Å²) in [5.41, 5.74) is 6.49. The number of hydrogen-bond donors (Lipinski definition) is 1. The van der Waals surface area contributed by atoms with Gasteiger partial charge in [-0.1, -0.05) is 146 Å². The third-order valence-electron chi connectivity index (χ3n) is 9.93. The molecule has 3 unspecified atom stereocenters. The van der Waals surface area contributed by atoms with Gasteiger partial charge in [-0.05, 0) is 86.8 Å². The molecule has 3 atom stereocenters. The maximum Gasteiger partial charge on any atom is 0.306 e. The highest BCUT2D eigenvalue weighted by Gasteiger charge is 2.28. The lowest BCUT2D eigenvalue weighted by molar-refractivity contribution is -0.156. The van der Waals surface area contributed by atoms with Crippen LogP contribution in [0.4, 0.5) is 0 Å². The predicted molar refractivity (Wildman–Crippen MR) is 269 cm³/mol. The standard InChI is InChI=1S/C27H32O5.C27H30O5.CH2Cl2/c2*1-4-8-20-12-16-22(17-13-20)26(30)27(23-18-14-21(9-5-2)15-19-23)32-25(29)11-7-6-10-24(28)31-3;2-1-3/h4-5,8-9,12-19,26-27,30H,6-7,10-11H2,1-3H3;4-5,8-9,12-19,27H,6-7,10-11H2,1-3H3;1H2/b2*8-4+,9-5+;. The smallest absolute Gasteiger partial charge is 0.306 e. The van der Waals surface area contributed by atoms with Crippen LogP contribution in [-0.4, -0.2) is 54.3 Å². The molecule has 358 valence electrons. The summed E-state index contributed by atoms with van der Waals surface area (Å²) < 4.78 is 20.6. The van der Waals surface area contributed by atoms with Gasteiger partial charge < -0.3 is 24.1 Å². The number of esters is 4. The van der Waals surface area contributed by atoms with Gasteiger partial charge >= 0.3 is 23.9 Å². The molecular formula is C55H64Cl2O10. The Morgan fingerprint density at radius 2 is 0.791 bits per heavy atom. The highest BCUT2D eigenvalue weighted by atomic mass is 35.5. The molecule has 0 radical (unpaired) electrons. The van der Waals surface area contributed by atoms with Gasteiger partial charge in [-0.25, -0.2) is 0 Å². The van der Waals surface area contributed by atoms with E-state index >= 15 is 0 Å². The number of Topliss-reactive ketones (excluding diaryl/α,β-unsaturated/α-hetero) is 1. The maximum absolute atomic E-state index is 13.2. The molecule has 4 aromatic carbocycles. The molecule has 0 aromatic heterocycles. The lowest BCUT2D eigenvalue weighted by Crippen LogP contribution is -2.20. The summed E-state index contributed by atoms with van der Waals surface area (Å²) in [6.45, 7) is 7.75. The number of unbranched alkanes of at least 4 members (excludes halogenated alkanes) is 2.